The fourth-order valence-electron chi connectivity index (χ4n) is 2.85. The molecule has 1 atom stereocenters. The van der Waals surface area contributed by atoms with Gasteiger partial charge in [0, 0.05) is 23.2 Å². The van der Waals surface area contributed by atoms with Crippen molar-refractivity contribution < 1.29 is 9.53 Å². The Bertz CT molecular complexity index is 646. The van der Waals surface area contributed by atoms with Gasteiger partial charge in [-0.25, -0.2) is 0 Å². The Hall–Kier alpha value is -1.59. The van der Waals surface area contributed by atoms with Gasteiger partial charge in [-0.2, -0.15) is 0 Å². The molecule has 1 aliphatic rings. The first-order valence-electron chi connectivity index (χ1n) is 7.29. The van der Waals surface area contributed by atoms with E-state index in [-0.39, 0.29) is 5.91 Å². The summed E-state index contributed by atoms with van der Waals surface area (Å²) < 4.78 is 5.96. The van der Waals surface area contributed by atoms with Crippen molar-refractivity contribution in [3.05, 3.63) is 45.4 Å². The van der Waals surface area contributed by atoms with Crippen LogP contribution in [0.5, 0.6) is 0 Å². The van der Waals surface area contributed by atoms with E-state index in [9.17, 15) is 4.79 Å². The lowest BCUT2D eigenvalue weighted by atomic mass is 9.93. The first kappa shape index (κ1) is 14.4. The summed E-state index contributed by atoms with van der Waals surface area (Å²) in [6.07, 6.45) is 3.59. The molecule has 2 N–H and O–H groups in total. The number of thiophene rings is 1. The summed E-state index contributed by atoms with van der Waals surface area (Å²) in [6, 6.07) is 3.94. The predicted molar refractivity (Wildman–Crippen MR) is 83.8 cm³/mol. The molecule has 112 valence electrons. The van der Waals surface area contributed by atoms with E-state index in [1.807, 2.05) is 19.2 Å². The van der Waals surface area contributed by atoms with Crippen LogP contribution in [-0.4, -0.2) is 24.0 Å². The molecule has 0 bridgehead atoms. The standard InChI is InChI=1S/C16H20N2O2S/c1-3-13-11(4-7-17-13)15(19)18-10-16(2)12-6-9-21-14(12)5-8-20-16/h4,6-7,9,17H,3,5,8,10H2,1-2H3,(H,18,19). The number of fused-ring (bicyclic) bond motifs is 1. The highest BCUT2D eigenvalue weighted by Crippen LogP contribution is 2.35. The van der Waals surface area contributed by atoms with E-state index in [1.165, 1.54) is 10.4 Å². The molecule has 1 aliphatic heterocycles. The maximum atomic E-state index is 12.3. The SMILES string of the molecule is CCc1[nH]ccc1C(=O)NCC1(C)OCCc2sccc21. The van der Waals surface area contributed by atoms with Crippen molar-refractivity contribution in [1.29, 1.82) is 0 Å². The van der Waals surface area contributed by atoms with Gasteiger partial charge < -0.3 is 15.0 Å². The second-order valence-electron chi connectivity index (χ2n) is 5.49. The Morgan fingerprint density at radius 3 is 3.19 bits per heavy atom. The molecule has 1 unspecified atom stereocenters. The highest BCUT2D eigenvalue weighted by Gasteiger charge is 2.34. The van der Waals surface area contributed by atoms with Crippen molar-refractivity contribution in [2.75, 3.05) is 13.2 Å². The lowest BCUT2D eigenvalue weighted by Gasteiger charge is -2.34. The van der Waals surface area contributed by atoms with Gasteiger partial charge >= 0.3 is 0 Å². The summed E-state index contributed by atoms with van der Waals surface area (Å²) >= 11 is 1.77. The molecule has 0 saturated heterocycles. The molecule has 0 spiro atoms. The maximum Gasteiger partial charge on any atom is 0.253 e. The first-order valence-corrected chi connectivity index (χ1v) is 8.17. The highest BCUT2D eigenvalue weighted by molar-refractivity contribution is 7.10. The van der Waals surface area contributed by atoms with Gasteiger partial charge in [0.1, 0.15) is 5.60 Å². The van der Waals surface area contributed by atoms with E-state index in [2.05, 4.69) is 28.7 Å². The topological polar surface area (TPSA) is 54.1 Å². The third kappa shape index (κ3) is 2.63. The molecule has 2 aromatic heterocycles. The summed E-state index contributed by atoms with van der Waals surface area (Å²) in [6.45, 7) is 5.29. The van der Waals surface area contributed by atoms with Gasteiger partial charge in [0.2, 0.25) is 0 Å². The largest absolute Gasteiger partial charge is 0.368 e. The molecule has 3 heterocycles. The van der Waals surface area contributed by atoms with Crippen LogP contribution >= 0.6 is 11.3 Å². The van der Waals surface area contributed by atoms with Crippen molar-refractivity contribution in [3.63, 3.8) is 0 Å². The number of H-pyrrole nitrogens is 1. The summed E-state index contributed by atoms with van der Waals surface area (Å²) in [5, 5.41) is 5.12. The summed E-state index contributed by atoms with van der Waals surface area (Å²) in [5.74, 6) is -0.0414. The Morgan fingerprint density at radius 1 is 1.52 bits per heavy atom. The number of ether oxygens (including phenoxy) is 1. The number of carbonyl (C=O) groups is 1. The molecule has 5 heteroatoms. The first-order chi connectivity index (χ1) is 10.1. The van der Waals surface area contributed by atoms with E-state index in [4.69, 9.17) is 4.74 Å². The molecule has 4 nitrogen and oxygen atoms in total. The average molecular weight is 304 g/mol. The van der Waals surface area contributed by atoms with Gasteiger partial charge in [-0.3, -0.25) is 4.79 Å². The van der Waals surface area contributed by atoms with Crippen molar-refractivity contribution in [1.82, 2.24) is 10.3 Å². The average Bonchev–Trinajstić information content (AvgIpc) is 3.14. The molecule has 21 heavy (non-hydrogen) atoms. The van der Waals surface area contributed by atoms with Crippen LogP contribution in [0.1, 0.15) is 40.3 Å². The van der Waals surface area contributed by atoms with Crippen LogP contribution in [0, 0.1) is 0 Å². The van der Waals surface area contributed by atoms with Crippen molar-refractivity contribution >= 4 is 17.2 Å². The smallest absolute Gasteiger partial charge is 0.253 e. The lowest BCUT2D eigenvalue weighted by molar-refractivity contribution is -0.0425. The molecule has 3 rings (SSSR count). The van der Waals surface area contributed by atoms with Gasteiger partial charge in [-0.15, -0.1) is 11.3 Å². The number of amides is 1. The van der Waals surface area contributed by atoms with Crippen LogP contribution < -0.4 is 5.32 Å². The van der Waals surface area contributed by atoms with Gasteiger partial charge in [-0.05, 0) is 36.4 Å². The minimum absolute atomic E-state index is 0.0414. The van der Waals surface area contributed by atoms with E-state index in [0.717, 1.165) is 24.1 Å². The van der Waals surface area contributed by atoms with Gasteiger partial charge in [0.25, 0.3) is 5.91 Å². The van der Waals surface area contributed by atoms with Crippen molar-refractivity contribution in [3.8, 4) is 0 Å². The Morgan fingerprint density at radius 2 is 2.38 bits per heavy atom. The van der Waals surface area contributed by atoms with Crippen LogP contribution in [0.25, 0.3) is 0 Å². The third-order valence-corrected chi connectivity index (χ3v) is 5.06. The Balaban J connectivity index is 1.72. The van der Waals surface area contributed by atoms with Crippen LogP contribution in [0.3, 0.4) is 0 Å². The summed E-state index contributed by atoms with van der Waals surface area (Å²) in [5.41, 5.74) is 2.48. The normalized spacial score (nSPS) is 21.0. The lowest BCUT2D eigenvalue weighted by Crippen LogP contribution is -2.43. The highest BCUT2D eigenvalue weighted by atomic mass is 32.1. The molecule has 0 aliphatic carbocycles. The third-order valence-electron chi connectivity index (χ3n) is 4.08. The Kier molecular flexibility index (Phi) is 3.87. The number of rotatable bonds is 4. The van der Waals surface area contributed by atoms with Crippen LogP contribution in [-0.2, 0) is 23.2 Å². The van der Waals surface area contributed by atoms with E-state index in [1.54, 1.807) is 11.3 Å². The minimum atomic E-state index is -0.425. The summed E-state index contributed by atoms with van der Waals surface area (Å²) in [4.78, 5) is 16.8. The number of nitrogens with one attached hydrogen (secondary N) is 2. The second-order valence-corrected chi connectivity index (χ2v) is 6.49. The zero-order valence-electron chi connectivity index (χ0n) is 12.4. The zero-order chi connectivity index (χ0) is 14.9. The molecule has 0 saturated carbocycles. The fourth-order valence-corrected chi connectivity index (χ4v) is 3.83. The number of hydrogen-bond donors (Lipinski definition) is 2. The predicted octanol–water partition coefficient (Wildman–Crippen LogP) is 2.86. The zero-order valence-corrected chi connectivity index (χ0v) is 13.2. The van der Waals surface area contributed by atoms with Gasteiger partial charge in [0.15, 0.2) is 0 Å². The van der Waals surface area contributed by atoms with E-state index >= 15 is 0 Å². The number of carbonyl (C=O) groups excluding carboxylic acids is 1. The number of hydrogen-bond acceptors (Lipinski definition) is 3. The van der Waals surface area contributed by atoms with Crippen LogP contribution in [0.2, 0.25) is 0 Å². The monoisotopic (exact) mass is 304 g/mol. The van der Waals surface area contributed by atoms with Crippen LogP contribution in [0.15, 0.2) is 23.7 Å². The molecule has 2 aromatic rings. The van der Waals surface area contributed by atoms with E-state index < -0.39 is 5.60 Å². The second kappa shape index (κ2) is 5.66. The van der Waals surface area contributed by atoms with E-state index in [0.29, 0.717) is 13.2 Å². The van der Waals surface area contributed by atoms with Gasteiger partial charge in [0.05, 0.1) is 18.7 Å². The quantitative estimate of drug-likeness (QED) is 0.912. The van der Waals surface area contributed by atoms with Crippen LogP contribution in [0.4, 0.5) is 0 Å². The number of aromatic nitrogens is 1. The van der Waals surface area contributed by atoms with Crippen molar-refractivity contribution in [2.45, 2.75) is 32.3 Å². The molecule has 0 radical (unpaired) electrons. The number of aromatic amines is 1. The maximum absolute atomic E-state index is 12.3. The van der Waals surface area contributed by atoms with Crippen molar-refractivity contribution in [2.24, 2.45) is 0 Å². The summed E-state index contributed by atoms with van der Waals surface area (Å²) in [7, 11) is 0. The molecule has 0 fully saturated rings. The Labute approximate surface area is 128 Å². The molecular formula is C16H20N2O2S. The minimum Gasteiger partial charge on any atom is -0.368 e. The fraction of sp³-hybridized carbons (Fsp3) is 0.438. The molecular weight excluding hydrogens is 284 g/mol. The molecule has 1 amide bonds. The number of aryl methyl sites for hydroxylation is 1. The molecule has 0 aromatic carbocycles. The van der Waals surface area contributed by atoms with Gasteiger partial charge in [-0.1, -0.05) is 6.92 Å².